The van der Waals surface area contributed by atoms with Gasteiger partial charge in [-0.3, -0.25) is 24.0 Å². The fraction of sp³-hybridized carbons (Fsp3) is 0.667. The van der Waals surface area contributed by atoms with Crippen LogP contribution in [-0.4, -0.2) is 81.7 Å². The Kier molecular flexibility index (Phi) is 12.5. The molecule has 0 spiro atoms. The van der Waals surface area contributed by atoms with Crippen LogP contribution in [0.1, 0.15) is 39.5 Å². The van der Waals surface area contributed by atoms with Crippen LogP contribution in [0.4, 0.5) is 0 Å². The van der Waals surface area contributed by atoms with Crippen molar-refractivity contribution in [3.8, 4) is 0 Å². The van der Waals surface area contributed by atoms with Crippen molar-refractivity contribution in [1.29, 1.82) is 0 Å². The topological polar surface area (TPSA) is 251 Å². The van der Waals surface area contributed by atoms with Crippen LogP contribution in [0, 0.1) is 5.92 Å². The van der Waals surface area contributed by atoms with E-state index in [-0.39, 0.29) is 25.7 Å². The number of aliphatic hydroxyl groups is 1. The minimum absolute atomic E-state index is 0.194. The van der Waals surface area contributed by atoms with Crippen molar-refractivity contribution in [2.45, 2.75) is 63.7 Å². The molecule has 0 aliphatic rings. The highest BCUT2D eigenvalue weighted by Crippen LogP contribution is 2.06. The molecule has 10 N–H and O–H groups in total. The maximum atomic E-state index is 12.7. The highest BCUT2D eigenvalue weighted by molar-refractivity contribution is 5.94. The predicted molar refractivity (Wildman–Crippen MR) is 109 cm³/mol. The first-order valence-corrected chi connectivity index (χ1v) is 9.80. The lowest BCUT2D eigenvalue weighted by molar-refractivity contribution is -0.143. The zero-order chi connectivity index (χ0) is 25.0. The summed E-state index contributed by atoms with van der Waals surface area (Å²) in [5.74, 6) is -6.49. The van der Waals surface area contributed by atoms with Gasteiger partial charge in [0.05, 0.1) is 12.6 Å². The second-order valence-electron chi connectivity index (χ2n) is 7.42. The number of carbonyl (C=O) groups is 6. The van der Waals surface area contributed by atoms with E-state index < -0.39 is 72.3 Å². The Morgan fingerprint density at radius 1 is 0.812 bits per heavy atom. The van der Waals surface area contributed by atoms with Crippen molar-refractivity contribution in [1.82, 2.24) is 16.0 Å². The molecule has 4 unspecified atom stereocenters. The normalized spacial score (nSPS) is 14.5. The largest absolute Gasteiger partial charge is 0.481 e. The van der Waals surface area contributed by atoms with Gasteiger partial charge in [0.2, 0.25) is 23.6 Å². The number of nitrogens with two attached hydrogens (primary N) is 2. The molecule has 0 radical (unpaired) electrons. The molecule has 32 heavy (non-hydrogen) atoms. The van der Waals surface area contributed by atoms with Crippen LogP contribution in [0.3, 0.4) is 0 Å². The molecule has 14 heteroatoms. The first-order valence-electron chi connectivity index (χ1n) is 9.80. The maximum Gasteiger partial charge on any atom is 0.328 e. The van der Waals surface area contributed by atoms with Crippen molar-refractivity contribution in [2.75, 3.05) is 6.61 Å². The first-order chi connectivity index (χ1) is 14.8. The van der Waals surface area contributed by atoms with Crippen molar-refractivity contribution in [3.63, 3.8) is 0 Å². The number of aliphatic hydroxyl groups excluding tert-OH is 1. The van der Waals surface area contributed by atoms with Gasteiger partial charge < -0.3 is 42.7 Å². The number of hydrogen-bond acceptors (Lipinski definition) is 8. The first kappa shape index (κ1) is 28.7. The molecular formula is C18H31N5O9. The number of hydrogen-bond donors (Lipinski definition) is 8. The van der Waals surface area contributed by atoms with Gasteiger partial charge in [0.1, 0.15) is 18.1 Å². The molecular weight excluding hydrogens is 430 g/mol. The minimum Gasteiger partial charge on any atom is -0.481 e. The smallest absolute Gasteiger partial charge is 0.328 e. The summed E-state index contributed by atoms with van der Waals surface area (Å²) in [4.78, 5) is 70.2. The molecule has 4 amide bonds. The van der Waals surface area contributed by atoms with Crippen LogP contribution in [0.2, 0.25) is 0 Å². The number of carboxylic acids is 2. The van der Waals surface area contributed by atoms with Crippen molar-refractivity contribution >= 4 is 35.6 Å². The highest BCUT2D eigenvalue weighted by Gasteiger charge is 2.31. The van der Waals surface area contributed by atoms with E-state index in [2.05, 4.69) is 16.0 Å². The predicted octanol–water partition coefficient (Wildman–Crippen LogP) is -3.37. The number of rotatable bonds is 15. The Bertz CT molecular complexity index is 713. The van der Waals surface area contributed by atoms with E-state index in [4.69, 9.17) is 26.8 Å². The number of amides is 4. The van der Waals surface area contributed by atoms with Crippen LogP contribution in [-0.2, 0) is 28.8 Å². The summed E-state index contributed by atoms with van der Waals surface area (Å²) < 4.78 is 0. The third-order valence-corrected chi connectivity index (χ3v) is 4.36. The van der Waals surface area contributed by atoms with Gasteiger partial charge in [-0.05, 0) is 18.8 Å². The van der Waals surface area contributed by atoms with Crippen LogP contribution in [0.25, 0.3) is 0 Å². The van der Waals surface area contributed by atoms with Crippen LogP contribution in [0.5, 0.6) is 0 Å². The van der Waals surface area contributed by atoms with Gasteiger partial charge in [0.25, 0.3) is 0 Å². The molecule has 0 heterocycles. The summed E-state index contributed by atoms with van der Waals surface area (Å²) in [6, 6.07) is -5.38. The average molecular weight is 461 g/mol. The third kappa shape index (κ3) is 10.7. The fourth-order valence-corrected chi connectivity index (χ4v) is 2.48. The Morgan fingerprint density at radius 2 is 1.38 bits per heavy atom. The molecule has 0 aromatic heterocycles. The SMILES string of the molecule is CC(C)C(NC(=O)C(CCC(N)=O)NC(=O)C(N)CCC(=O)O)C(=O)NC(CO)C(=O)O. The van der Waals surface area contributed by atoms with Crippen LogP contribution < -0.4 is 27.4 Å². The Labute approximate surface area is 184 Å². The van der Waals surface area contributed by atoms with Crippen molar-refractivity contribution < 1.29 is 44.1 Å². The quantitative estimate of drug-likeness (QED) is 0.120. The summed E-state index contributed by atoms with van der Waals surface area (Å²) >= 11 is 0. The third-order valence-electron chi connectivity index (χ3n) is 4.36. The summed E-state index contributed by atoms with van der Waals surface area (Å²) in [5, 5.41) is 33.5. The van der Waals surface area contributed by atoms with E-state index in [9.17, 15) is 28.8 Å². The van der Waals surface area contributed by atoms with Gasteiger partial charge >= 0.3 is 11.9 Å². The van der Waals surface area contributed by atoms with E-state index in [1.165, 1.54) is 0 Å². The maximum absolute atomic E-state index is 12.7. The second kappa shape index (κ2) is 13.9. The van der Waals surface area contributed by atoms with E-state index in [1.807, 2.05) is 0 Å². The molecule has 0 aromatic rings. The van der Waals surface area contributed by atoms with E-state index in [0.717, 1.165) is 0 Å². The summed E-state index contributed by atoms with van der Waals surface area (Å²) in [6.45, 7) is 2.27. The molecule has 0 rings (SSSR count). The monoisotopic (exact) mass is 461 g/mol. The molecule has 182 valence electrons. The average Bonchev–Trinajstić information content (AvgIpc) is 2.69. The lowest BCUT2D eigenvalue weighted by Gasteiger charge is -2.26. The van der Waals surface area contributed by atoms with Gasteiger partial charge in [-0.25, -0.2) is 4.79 Å². The number of carbonyl (C=O) groups excluding carboxylic acids is 4. The minimum atomic E-state index is -1.58. The van der Waals surface area contributed by atoms with E-state index in [1.54, 1.807) is 13.8 Å². The molecule has 14 nitrogen and oxygen atoms in total. The van der Waals surface area contributed by atoms with Gasteiger partial charge in [0.15, 0.2) is 0 Å². The second-order valence-corrected chi connectivity index (χ2v) is 7.42. The molecule has 0 saturated heterocycles. The van der Waals surface area contributed by atoms with Crippen molar-refractivity contribution in [3.05, 3.63) is 0 Å². The standard InChI is InChI=1S/C18H31N5O9/c1-8(2)14(17(30)22-11(7-24)18(31)32)23-16(29)10(4-5-12(20)25)21-15(28)9(19)3-6-13(26)27/h8-11,14,24H,3-7,19H2,1-2H3,(H2,20,25)(H,21,28)(H,22,30)(H,23,29)(H,26,27)(H,31,32). The Hall–Kier alpha value is -3.26. The Morgan fingerprint density at radius 3 is 1.81 bits per heavy atom. The lowest BCUT2D eigenvalue weighted by atomic mass is 10.0. The highest BCUT2D eigenvalue weighted by atomic mass is 16.4. The molecule has 0 saturated carbocycles. The van der Waals surface area contributed by atoms with Crippen LogP contribution in [0.15, 0.2) is 0 Å². The molecule has 0 aromatic carbocycles. The zero-order valence-corrected chi connectivity index (χ0v) is 17.9. The summed E-state index contributed by atoms with van der Waals surface area (Å²) in [7, 11) is 0. The van der Waals surface area contributed by atoms with E-state index >= 15 is 0 Å². The number of aliphatic carboxylic acids is 2. The molecule has 0 bridgehead atoms. The van der Waals surface area contributed by atoms with Crippen molar-refractivity contribution in [2.24, 2.45) is 17.4 Å². The molecule has 0 fully saturated rings. The number of carboxylic acid groups (broad SMARTS) is 2. The van der Waals surface area contributed by atoms with Gasteiger partial charge in [0, 0.05) is 12.8 Å². The molecule has 0 aliphatic heterocycles. The molecule has 0 aliphatic carbocycles. The number of nitrogens with one attached hydrogen (secondary N) is 3. The van der Waals surface area contributed by atoms with Gasteiger partial charge in [-0.2, -0.15) is 0 Å². The van der Waals surface area contributed by atoms with Crippen LogP contribution >= 0.6 is 0 Å². The summed E-state index contributed by atoms with van der Waals surface area (Å²) in [6.07, 6.45) is -1.08. The fourth-order valence-electron chi connectivity index (χ4n) is 2.48. The lowest BCUT2D eigenvalue weighted by Crippen LogP contribution is -2.58. The number of primary amides is 1. The van der Waals surface area contributed by atoms with E-state index in [0.29, 0.717) is 0 Å². The molecule has 4 atom stereocenters. The zero-order valence-electron chi connectivity index (χ0n) is 17.9. The van der Waals surface area contributed by atoms with Gasteiger partial charge in [-0.15, -0.1) is 0 Å². The Balaban J connectivity index is 5.38. The van der Waals surface area contributed by atoms with Gasteiger partial charge in [-0.1, -0.05) is 13.8 Å². The summed E-state index contributed by atoms with van der Waals surface area (Å²) in [5.41, 5.74) is 10.7.